The highest BCUT2D eigenvalue weighted by molar-refractivity contribution is 7.10. The summed E-state index contributed by atoms with van der Waals surface area (Å²) in [6, 6.07) is 10.4. The molecule has 1 N–H and O–H groups in total. The maximum atomic E-state index is 12.2. The van der Waals surface area contributed by atoms with E-state index in [0.29, 0.717) is 5.56 Å². The molecular weight excluding hydrogens is 342 g/mol. The standard InChI is InChI=1S/C21H27N3OS/c1-3-7-20-14-18(15-26-20)21(25)23-22-16(2)17-8-10-19(11-9-17)24-12-5-4-6-13-24/h8-11,14-15H,3-7,12-13H2,1-2H3,(H,23,25). The molecule has 0 unspecified atom stereocenters. The number of hydrazone groups is 1. The molecule has 1 amide bonds. The summed E-state index contributed by atoms with van der Waals surface area (Å²) in [4.78, 5) is 15.9. The van der Waals surface area contributed by atoms with Crippen LogP contribution in [0.5, 0.6) is 0 Å². The van der Waals surface area contributed by atoms with Crippen molar-refractivity contribution in [3.05, 3.63) is 51.7 Å². The highest BCUT2D eigenvalue weighted by Crippen LogP contribution is 2.20. The first kappa shape index (κ1) is 18.6. The Hall–Kier alpha value is -2.14. The van der Waals surface area contributed by atoms with Gasteiger partial charge in [-0.25, -0.2) is 5.43 Å². The lowest BCUT2D eigenvalue weighted by molar-refractivity contribution is 0.0955. The molecule has 0 bridgehead atoms. The average Bonchev–Trinajstić information content (AvgIpc) is 3.16. The van der Waals surface area contributed by atoms with Crippen molar-refractivity contribution in [3.63, 3.8) is 0 Å². The number of hydrogen-bond donors (Lipinski definition) is 1. The second kappa shape index (κ2) is 8.99. The number of carbonyl (C=O) groups is 1. The number of piperidine rings is 1. The number of amides is 1. The molecule has 0 aliphatic carbocycles. The highest BCUT2D eigenvalue weighted by atomic mass is 32.1. The van der Waals surface area contributed by atoms with E-state index in [0.717, 1.165) is 37.2 Å². The Bertz CT molecular complexity index is 758. The van der Waals surface area contributed by atoms with E-state index in [1.165, 1.54) is 29.8 Å². The van der Waals surface area contributed by atoms with Crippen molar-refractivity contribution in [2.75, 3.05) is 18.0 Å². The number of nitrogens with zero attached hydrogens (tertiary/aromatic N) is 2. The number of aryl methyl sites for hydroxylation is 1. The summed E-state index contributed by atoms with van der Waals surface area (Å²) >= 11 is 1.63. The van der Waals surface area contributed by atoms with Gasteiger partial charge in [0, 0.05) is 29.0 Å². The van der Waals surface area contributed by atoms with E-state index in [-0.39, 0.29) is 5.91 Å². The van der Waals surface area contributed by atoms with Gasteiger partial charge in [-0.05, 0) is 56.4 Å². The van der Waals surface area contributed by atoms with Crippen LogP contribution in [-0.2, 0) is 6.42 Å². The number of carbonyl (C=O) groups excluding carboxylic acids is 1. The smallest absolute Gasteiger partial charge is 0.272 e. The topological polar surface area (TPSA) is 44.7 Å². The van der Waals surface area contributed by atoms with Crippen LogP contribution in [0.15, 0.2) is 40.8 Å². The van der Waals surface area contributed by atoms with Crippen LogP contribution in [0.4, 0.5) is 5.69 Å². The fourth-order valence-corrected chi connectivity index (χ4v) is 4.18. The molecule has 4 nitrogen and oxygen atoms in total. The number of rotatable bonds is 6. The second-order valence-corrected chi connectivity index (χ2v) is 7.78. The Labute approximate surface area is 159 Å². The SMILES string of the molecule is CCCc1cc(C(=O)NN=C(C)c2ccc(N3CCCCC3)cc2)cs1. The molecule has 1 saturated heterocycles. The zero-order chi connectivity index (χ0) is 18.4. The lowest BCUT2D eigenvalue weighted by Crippen LogP contribution is -2.29. The predicted molar refractivity (Wildman–Crippen MR) is 110 cm³/mol. The van der Waals surface area contributed by atoms with Gasteiger partial charge < -0.3 is 4.90 Å². The lowest BCUT2D eigenvalue weighted by Gasteiger charge is -2.28. The monoisotopic (exact) mass is 369 g/mol. The minimum atomic E-state index is -0.145. The van der Waals surface area contributed by atoms with Crippen LogP contribution in [0.3, 0.4) is 0 Å². The molecule has 0 spiro atoms. The molecule has 2 aromatic rings. The van der Waals surface area contributed by atoms with Gasteiger partial charge in [-0.1, -0.05) is 25.5 Å². The number of thiophene rings is 1. The van der Waals surface area contributed by atoms with Crippen molar-refractivity contribution in [2.24, 2.45) is 5.10 Å². The van der Waals surface area contributed by atoms with Crippen LogP contribution in [-0.4, -0.2) is 24.7 Å². The zero-order valence-electron chi connectivity index (χ0n) is 15.6. The fourth-order valence-electron chi connectivity index (χ4n) is 3.21. The van der Waals surface area contributed by atoms with Crippen molar-refractivity contribution in [3.8, 4) is 0 Å². The largest absolute Gasteiger partial charge is 0.372 e. The van der Waals surface area contributed by atoms with Gasteiger partial charge in [-0.2, -0.15) is 5.10 Å². The molecule has 0 radical (unpaired) electrons. The number of anilines is 1. The molecule has 1 fully saturated rings. The molecule has 0 saturated carbocycles. The molecule has 1 aliphatic heterocycles. The Morgan fingerprint density at radius 1 is 1.15 bits per heavy atom. The summed E-state index contributed by atoms with van der Waals surface area (Å²) < 4.78 is 0. The van der Waals surface area contributed by atoms with Crippen LogP contribution < -0.4 is 10.3 Å². The summed E-state index contributed by atoms with van der Waals surface area (Å²) in [5, 5.41) is 6.18. The maximum absolute atomic E-state index is 12.2. The molecule has 2 heterocycles. The van der Waals surface area contributed by atoms with E-state index in [1.54, 1.807) is 11.3 Å². The third kappa shape index (κ3) is 4.73. The average molecular weight is 370 g/mol. The van der Waals surface area contributed by atoms with Gasteiger partial charge in [-0.15, -0.1) is 11.3 Å². The Kier molecular flexibility index (Phi) is 6.45. The van der Waals surface area contributed by atoms with E-state index >= 15 is 0 Å². The fraction of sp³-hybridized carbons (Fsp3) is 0.429. The van der Waals surface area contributed by atoms with Gasteiger partial charge in [0.15, 0.2) is 0 Å². The highest BCUT2D eigenvalue weighted by Gasteiger charge is 2.11. The molecule has 1 aromatic carbocycles. The first-order chi connectivity index (χ1) is 12.7. The van der Waals surface area contributed by atoms with E-state index < -0.39 is 0 Å². The molecule has 1 aromatic heterocycles. The minimum absolute atomic E-state index is 0.145. The van der Waals surface area contributed by atoms with Gasteiger partial charge in [0.1, 0.15) is 0 Å². The summed E-state index contributed by atoms with van der Waals surface area (Å²) in [7, 11) is 0. The third-order valence-electron chi connectivity index (χ3n) is 4.74. The van der Waals surface area contributed by atoms with Crippen molar-refractivity contribution in [2.45, 2.75) is 46.0 Å². The number of hydrogen-bond acceptors (Lipinski definition) is 4. The molecule has 138 valence electrons. The summed E-state index contributed by atoms with van der Waals surface area (Å²) in [5.74, 6) is -0.145. The molecule has 3 rings (SSSR count). The first-order valence-electron chi connectivity index (χ1n) is 9.45. The van der Waals surface area contributed by atoms with Crippen LogP contribution >= 0.6 is 11.3 Å². The lowest BCUT2D eigenvalue weighted by atomic mass is 10.1. The van der Waals surface area contributed by atoms with Crippen LogP contribution in [0.25, 0.3) is 0 Å². The van der Waals surface area contributed by atoms with Gasteiger partial charge in [0.25, 0.3) is 5.91 Å². The molecule has 5 heteroatoms. The molecular formula is C21H27N3OS. The van der Waals surface area contributed by atoms with Crippen molar-refractivity contribution < 1.29 is 4.79 Å². The van der Waals surface area contributed by atoms with E-state index in [4.69, 9.17) is 0 Å². The zero-order valence-corrected chi connectivity index (χ0v) is 16.4. The number of nitrogens with one attached hydrogen (secondary N) is 1. The Morgan fingerprint density at radius 3 is 2.58 bits per heavy atom. The quantitative estimate of drug-likeness (QED) is 0.585. The van der Waals surface area contributed by atoms with E-state index in [1.807, 2.05) is 18.4 Å². The van der Waals surface area contributed by atoms with Crippen molar-refractivity contribution in [1.82, 2.24) is 5.43 Å². The predicted octanol–water partition coefficient (Wildman–Crippen LogP) is 4.84. The summed E-state index contributed by atoms with van der Waals surface area (Å²) in [6.07, 6.45) is 5.99. The number of benzene rings is 1. The van der Waals surface area contributed by atoms with E-state index in [9.17, 15) is 4.79 Å². The van der Waals surface area contributed by atoms with Crippen LogP contribution in [0, 0.1) is 0 Å². The first-order valence-corrected chi connectivity index (χ1v) is 10.3. The van der Waals surface area contributed by atoms with Crippen molar-refractivity contribution >= 4 is 28.6 Å². The Morgan fingerprint density at radius 2 is 1.88 bits per heavy atom. The van der Waals surface area contributed by atoms with Crippen LogP contribution in [0.1, 0.15) is 60.3 Å². The molecule has 1 aliphatic rings. The maximum Gasteiger partial charge on any atom is 0.272 e. The molecule has 0 atom stereocenters. The second-order valence-electron chi connectivity index (χ2n) is 6.78. The third-order valence-corrected chi connectivity index (χ3v) is 5.74. The van der Waals surface area contributed by atoms with E-state index in [2.05, 4.69) is 46.6 Å². The Balaban J connectivity index is 1.60. The van der Waals surface area contributed by atoms with Crippen molar-refractivity contribution in [1.29, 1.82) is 0 Å². The van der Waals surface area contributed by atoms with Crippen LogP contribution in [0.2, 0.25) is 0 Å². The van der Waals surface area contributed by atoms with Gasteiger partial charge in [-0.3, -0.25) is 4.79 Å². The summed E-state index contributed by atoms with van der Waals surface area (Å²) in [6.45, 7) is 6.35. The van der Waals surface area contributed by atoms with Gasteiger partial charge >= 0.3 is 0 Å². The minimum Gasteiger partial charge on any atom is -0.372 e. The van der Waals surface area contributed by atoms with Gasteiger partial charge in [0.2, 0.25) is 0 Å². The normalized spacial score (nSPS) is 15.2. The molecule has 26 heavy (non-hydrogen) atoms. The van der Waals surface area contributed by atoms with Gasteiger partial charge in [0.05, 0.1) is 11.3 Å². The summed E-state index contributed by atoms with van der Waals surface area (Å²) in [5.41, 5.74) is 6.48.